The number of aromatic nitrogens is 1. The molecule has 1 aromatic heterocycles. The number of carboxylic acids is 1. The molecule has 34 heavy (non-hydrogen) atoms. The largest absolute Gasteiger partial charge is 0.476 e. The van der Waals surface area contributed by atoms with Crippen LogP contribution < -0.4 is 5.73 Å². The highest BCUT2D eigenvalue weighted by atomic mass is 32.1. The highest BCUT2D eigenvalue weighted by Crippen LogP contribution is 2.37. The van der Waals surface area contributed by atoms with Crippen molar-refractivity contribution in [2.75, 3.05) is 0 Å². The average Bonchev–Trinajstić information content (AvgIpc) is 3.25. The summed E-state index contributed by atoms with van der Waals surface area (Å²) < 4.78 is 5.69. The number of benzene rings is 3. The number of hydrogen-bond donors (Lipinski definition) is 2. The zero-order valence-electron chi connectivity index (χ0n) is 19.2. The number of aromatic carboxylic acids is 1. The number of carbonyl (C=O) groups excluding carboxylic acids is 1. The second-order valence-corrected chi connectivity index (χ2v) is 10.2. The molecule has 1 heterocycles. The van der Waals surface area contributed by atoms with Gasteiger partial charge in [-0.25, -0.2) is 14.6 Å². The van der Waals surface area contributed by atoms with E-state index in [1.807, 2.05) is 60.7 Å². The van der Waals surface area contributed by atoms with Crippen molar-refractivity contribution in [1.82, 2.24) is 4.98 Å². The Morgan fingerprint density at radius 3 is 2.26 bits per heavy atom. The predicted molar refractivity (Wildman–Crippen MR) is 134 cm³/mol. The lowest BCUT2D eigenvalue weighted by molar-refractivity contribution is -0.162. The zero-order chi connectivity index (χ0) is 24.5. The van der Waals surface area contributed by atoms with Gasteiger partial charge in [0.05, 0.1) is 4.88 Å². The molecule has 0 fully saturated rings. The first-order valence-electron chi connectivity index (χ1n) is 10.9. The third-order valence-electron chi connectivity index (χ3n) is 5.31. The van der Waals surface area contributed by atoms with Crippen LogP contribution in [0.1, 0.15) is 41.8 Å². The Balaban J connectivity index is 1.84. The lowest BCUT2D eigenvalue weighted by atomic mass is 9.91. The molecule has 0 radical (unpaired) electrons. The van der Waals surface area contributed by atoms with Gasteiger partial charge >= 0.3 is 11.9 Å². The van der Waals surface area contributed by atoms with E-state index in [0.29, 0.717) is 10.4 Å². The fraction of sp³-hybridized carbons (Fsp3) is 0.222. The second-order valence-electron chi connectivity index (χ2n) is 9.20. The van der Waals surface area contributed by atoms with Crippen molar-refractivity contribution < 1.29 is 19.4 Å². The van der Waals surface area contributed by atoms with E-state index in [4.69, 9.17) is 10.5 Å². The van der Waals surface area contributed by atoms with E-state index in [1.54, 1.807) is 32.9 Å². The van der Waals surface area contributed by atoms with Gasteiger partial charge in [0.2, 0.25) is 0 Å². The average molecular weight is 475 g/mol. The topological polar surface area (TPSA) is 103 Å². The molecule has 1 atom stereocenters. The molecular formula is C27H26N2O4S. The van der Waals surface area contributed by atoms with Crippen molar-refractivity contribution in [2.24, 2.45) is 5.73 Å². The molecule has 6 nitrogen and oxygen atoms in total. The smallest absolute Gasteiger partial charge is 0.356 e. The van der Waals surface area contributed by atoms with Crippen molar-refractivity contribution >= 4 is 34.0 Å². The Labute approximate surface area is 202 Å². The maximum Gasteiger partial charge on any atom is 0.356 e. The summed E-state index contributed by atoms with van der Waals surface area (Å²) in [6.07, 6.45) is 0.105. The van der Waals surface area contributed by atoms with Gasteiger partial charge in [-0.3, -0.25) is 0 Å². The number of hydrogen-bond acceptors (Lipinski definition) is 6. The van der Waals surface area contributed by atoms with Gasteiger partial charge in [-0.1, -0.05) is 72.8 Å². The van der Waals surface area contributed by atoms with Crippen LogP contribution in [0.4, 0.5) is 0 Å². The molecule has 0 amide bonds. The fourth-order valence-corrected chi connectivity index (χ4v) is 4.87. The van der Waals surface area contributed by atoms with Crippen LogP contribution in [-0.4, -0.2) is 27.6 Å². The lowest BCUT2D eigenvalue weighted by Crippen LogP contribution is -2.50. The van der Waals surface area contributed by atoms with Gasteiger partial charge < -0.3 is 15.6 Å². The molecule has 0 saturated carbocycles. The van der Waals surface area contributed by atoms with Crippen LogP contribution in [0.25, 0.3) is 21.2 Å². The van der Waals surface area contributed by atoms with Crippen molar-refractivity contribution in [1.29, 1.82) is 0 Å². The summed E-state index contributed by atoms with van der Waals surface area (Å²) >= 11 is 1.11. The lowest BCUT2D eigenvalue weighted by Gasteiger charge is -2.30. The second kappa shape index (κ2) is 9.00. The first-order chi connectivity index (χ1) is 16.1. The van der Waals surface area contributed by atoms with E-state index in [9.17, 15) is 14.7 Å². The first kappa shape index (κ1) is 23.6. The third-order valence-corrected chi connectivity index (χ3v) is 6.59. The maximum atomic E-state index is 13.4. The quantitative estimate of drug-likeness (QED) is 0.363. The minimum atomic E-state index is -1.67. The maximum absolute atomic E-state index is 13.4. The Morgan fingerprint density at radius 1 is 0.971 bits per heavy atom. The molecule has 1 unspecified atom stereocenters. The summed E-state index contributed by atoms with van der Waals surface area (Å²) in [5, 5.41) is 12.1. The van der Waals surface area contributed by atoms with Crippen LogP contribution in [0.3, 0.4) is 0 Å². The predicted octanol–water partition coefficient (Wildman–Crippen LogP) is 5.40. The van der Waals surface area contributed by atoms with E-state index >= 15 is 0 Å². The van der Waals surface area contributed by atoms with Crippen LogP contribution in [-0.2, 0) is 21.5 Å². The van der Waals surface area contributed by atoms with E-state index in [0.717, 1.165) is 27.7 Å². The van der Waals surface area contributed by atoms with Crippen LogP contribution in [0.5, 0.6) is 0 Å². The van der Waals surface area contributed by atoms with E-state index < -0.39 is 23.1 Å². The number of fused-ring (bicyclic) bond motifs is 1. The number of ether oxygens (including phenoxy) is 1. The van der Waals surface area contributed by atoms with Crippen molar-refractivity contribution in [3.63, 3.8) is 0 Å². The number of carboxylic acid groups (broad SMARTS) is 1. The molecule has 0 saturated heterocycles. The first-order valence-corrected chi connectivity index (χ1v) is 11.7. The Hall–Kier alpha value is -3.55. The summed E-state index contributed by atoms with van der Waals surface area (Å²) in [4.78, 5) is 30.3. The minimum absolute atomic E-state index is 0.105. The molecule has 0 aliphatic carbocycles. The molecule has 174 valence electrons. The number of rotatable bonds is 6. The summed E-state index contributed by atoms with van der Waals surface area (Å²) in [6.45, 7) is 5.30. The molecule has 3 aromatic carbocycles. The Bertz CT molecular complexity index is 1360. The van der Waals surface area contributed by atoms with Gasteiger partial charge in [0.15, 0.2) is 11.2 Å². The molecule has 0 bridgehead atoms. The number of nitrogens with two attached hydrogens (primary N) is 1. The van der Waals surface area contributed by atoms with Gasteiger partial charge in [-0.15, -0.1) is 11.3 Å². The molecular weight excluding hydrogens is 448 g/mol. The van der Waals surface area contributed by atoms with Crippen LogP contribution in [0.15, 0.2) is 72.8 Å². The summed E-state index contributed by atoms with van der Waals surface area (Å²) in [7, 11) is 0. The zero-order valence-corrected chi connectivity index (χ0v) is 20.1. The number of thiazole rings is 1. The normalized spacial score (nSPS) is 13.4. The van der Waals surface area contributed by atoms with E-state index in [1.165, 1.54) is 0 Å². The standard InChI is InChI=1S/C27H26N2O4S/c1-26(2,3)33-25(32)27(28,16-17-13-14-18-9-7-8-12-20(18)15-17)24-29-21(23(30)31)22(34-24)19-10-5-4-6-11-19/h4-15H,16,28H2,1-3H3,(H,30,31). The summed E-state index contributed by atoms with van der Waals surface area (Å²) in [5.41, 5.74) is 5.72. The van der Waals surface area contributed by atoms with Gasteiger partial charge in [-0.2, -0.15) is 0 Å². The molecule has 0 aliphatic heterocycles. The molecule has 7 heteroatoms. The SMILES string of the molecule is CC(C)(C)OC(=O)C(N)(Cc1ccc2ccccc2c1)c1nc(C(=O)O)c(-c2ccccc2)s1. The molecule has 0 spiro atoms. The number of carbonyl (C=O) groups is 2. The van der Waals surface area contributed by atoms with E-state index in [2.05, 4.69) is 4.98 Å². The van der Waals surface area contributed by atoms with Gasteiger partial charge in [0.1, 0.15) is 10.6 Å². The third kappa shape index (κ3) is 4.85. The van der Waals surface area contributed by atoms with Gasteiger partial charge in [-0.05, 0) is 42.7 Å². The van der Waals surface area contributed by atoms with E-state index in [-0.39, 0.29) is 17.1 Å². The summed E-state index contributed by atoms with van der Waals surface area (Å²) in [6, 6.07) is 22.9. The molecule has 3 N–H and O–H groups in total. The minimum Gasteiger partial charge on any atom is -0.476 e. The molecule has 4 aromatic rings. The van der Waals surface area contributed by atoms with Crippen LogP contribution in [0.2, 0.25) is 0 Å². The highest BCUT2D eigenvalue weighted by molar-refractivity contribution is 7.15. The highest BCUT2D eigenvalue weighted by Gasteiger charge is 2.44. The van der Waals surface area contributed by atoms with Gasteiger partial charge in [0.25, 0.3) is 0 Å². The monoisotopic (exact) mass is 474 g/mol. The summed E-state index contributed by atoms with van der Waals surface area (Å²) in [5.74, 6) is -1.84. The Kier molecular flexibility index (Phi) is 6.25. The number of nitrogens with zero attached hydrogens (tertiary/aromatic N) is 1. The Morgan fingerprint density at radius 2 is 1.62 bits per heavy atom. The van der Waals surface area contributed by atoms with Crippen LogP contribution >= 0.6 is 11.3 Å². The van der Waals surface area contributed by atoms with Gasteiger partial charge in [0, 0.05) is 6.42 Å². The fourth-order valence-electron chi connectivity index (χ4n) is 3.72. The van der Waals surface area contributed by atoms with Crippen molar-refractivity contribution in [3.8, 4) is 10.4 Å². The van der Waals surface area contributed by atoms with Crippen molar-refractivity contribution in [2.45, 2.75) is 38.3 Å². The van der Waals surface area contributed by atoms with Crippen LogP contribution in [0, 0.1) is 0 Å². The molecule has 4 rings (SSSR count). The molecule has 0 aliphatic rings. The van der Waals surface area contributed by atoms with Crippen molar-refractivity contribution in [3.05, 3.63) is 89.1 Å². The number of esters is 1.